The predicted molar refractivity (Wildman–Crippen MR) is 42.8 cm³/mol. The number of carbonyl (C=O) groups excluding carboxylic acids is 1. The van der Waals surface area contributed by atoms with Gasteiger partial charge in [0, 0.05) is 5.16 Å². The Kier molecular flexibility index (Phi) is 10.3. The molecule has 1 N–H and O–H groups in total. The second-order valence-corrected chi connectivity index (χ2v) is 1.96. The molecule has 0 aromatic carbocycles. The standard InChI is InChI=1S/C7H13NO5/c9-1-2-11-3-4-12-5-6-13-8-7-10/h9H,1-6H2. The van der Waals surface area contributed by atoms with E-state index >= 15 is 0 Å². The lowest BCUT2D eigenvalue weighted by Crippen LogP contribution is -2.09. The van der Waals surface area contributed by atoms with Crippen molar-refractivity contribution in [3.8, 4) is 0 Å². The highest BCUT2D eigenvalue weighted by molar-refractivity contribution is 5.31. The Morgan fingerprint density at radius 2 is 1.69 bits per heavy atom. The van der Waals surface area contributed by atoms with Crippen molar-refractivity contribution < 1.29 is 24.2 Å². The fourth-order valence-electron chi connectivity index (χ4n) is 0.555. The lowest BCUT2D eigenvalue weighted by atomic mass is 10.7. The molecule has 0 aliphatic rings. The fourth-order valence-corrected chi connectivity index (χ4v) is 0.555. The Bertz CT molecular complexity index is 146. The van der Waals surface area contributed by atoms with Gasteiger partial charge < -0.3 is 19.4 Å². The zero-order chi connectivity index (χ0) is 9.78. The van der Waals surface area contributed by atoms with E-state index in [-0.39, 0.29) is 13.2 Å². The van der Waals surface area contributed by atoms with Gasteiger partial charge >= 0.3 is 0 Å². The summed E-state index contributed by atoms with van der Waals surface area (Å²) in [6, 6.07) is 0. The van der Waals surface area contributed by atoms with Gasteiger partial charge in [0.2, 0.25) is 0 Å². The van der Waals surface area contributed by atoms with E-state index in [1.165, 1.54) is 6.08 Å². The summed E-state index contributed by atoms with van der Waals surface area (Å²) in [5.41, 5.74) is 0. The van der Waals surface area contributed by atoms with Crippen LogP contribution in [0.25, 0.3) is 0 Å². The second-order valence-electron chi connectivity index (χ2n) is 1.96. The van der Waals surface area contributed by atoms with Crippen molar-refractivity contribution >= 4 is 6.08 Å². The van der Waals surface area contributed by atoms with E-state index < -0.39 is 0 Å². The number of rotatable bonds is 9. The highest BCUT2D eigenvalue weighted by Crippen LogP contribution is 1.80. The molecule has 0 saturated carbocycles. The van der Waals surface area contributed by atoms with Crippen LogP contribution in [0.2, 0.25) is 0 Å². The molecule has 0 amide bonds. The van der Waals surface area contributed by atoms with Crippen molar-refractivity contribution in [1.29, 1.82) is 0 Å². The van der Waals surface area contributed by atoms with Gasteiger partial charge in [0.05, 0.1) is 33.0 Å². The molecule has 0 heterocycles. The first-order valence-corrected chi connectivity index (χ1v) is 3.87. The normalized spacial score (nSPS) is 9.31. The molecule has 0 aliphatic heterocycles. The van der Waals surface area contributed by atoms with Gasteiger partial charge in [-0.05, 0) is 0 Å². The van der Waals surface area contributed by atoms with Crippen molar-refractivity contribution in [3.05, 3.63) is 0 Å². The van der Waals surface area contributed by atoms with Gasteiger partial charge in [-0.25, -0.2) is 4.79 Å². The molecule has 0 unspecified atom stereocenters. The van der Waals surface area contributed by atoms with E-state index in [1.54, 1.807) is 0 Å². The first kappa shape index (κ1) is 12.1. The van der Waals surface area contributed by atoms with Crippen LogP contribution < -0.4 is 0 Å². The van der Waals surface area contributed by atoms with E-state index in [0.29, 0.717) is 26.4 Å². The summed E-state index contributed by atoms with van der Waals surface area (Å²) < 4.78 is 9.91. The quantitative estimate of drug-likeness (QED) is 0.225. The minimum absolute atomic E-state index is 0.0111. The van der Waals surface area contributed by atoms with Crippen LogP contribution in [0.1, 0.15) is 0 Å². The van der Waals surface area contributed by atoms with Gasteiger partial charge in [0.25, 0.3) is 6.08 Å². The smallest absolute Gasteiger partial charge is 0.276 e. The second kappa shape index (κ2) is 11.1. The number of hydrogen-bond acceptors (Lipinski definition) is 6. The monoisotopic (exact) mass is 191 g/mol. The number of hydrogen-bond donors (Lipinski definition) is 1. The molecule has 0 aromatic rings. The SMILES string of the molecule is O=C=NOCCOCCOCCO. The molecule has 0 radical (unpaired) electrons. The first-order valence-electron chi connectivity index (χ1n) is 3.87. The van der Waals surface area contributed by atoms with Gasteiger partial charge in [-0.15, -0.1) is 0 Å². The largest absolute Gasteiger partial charge is 0.394 e. The van der Waals surface area contributed by atoms with Gasteiger partial charge in [-0.3, -0.25) is 0 Å². The third kappa shape index (κ3) is 11.1. The minimum atomic E-state index is 0.0111. The summed E-state index contributed by atoms with van der Waals surface area (Å²) in [6.45, 7) is 1.74. The Balaban J connectivity index is 2.87. The molecule has 13 heavy (non-hydrogen) atoms. The van der Waals surface area contributed by atoms with Crippen LogP contribution >= 0.6 is 0 Å². The average Bonchev–Trinajstić information content (AvgIpc) is 2.16. The zero-order valence-electron chi connectivity index (χ0n) is 7.27. The van der Waals surface area contributed by atoms with Gasteiger partial charge in [-0.2, -0.15) is 0 Å². The minimum Gasteiger partial charge on any atom is -0.394 e. The molecule has 6 nitrogen and oxygen atoms in total. The predicted octanol–water partition coefficient (Wildman–Crippen LogP) is -0.721. The maximum absolute atomic E-state index is 9.51. The van der Waals surface area contributed by atoms with E-state index in [4.69, 9.17) is 14.6 Å². The van der Waals surface area contributed by atoms with Crippen LogP contribution in [0, 0.1) is 0 Å². The van der Waals surface area contributed by atoms with E-state index in [2.05, 4.69) is 9.99 Å². The Labute approximate surface area is 76.1 Å². The van der Waals surface area contributed by atoms with Crippen LogP contribution in [0.5, 0.6) is 0 Å². The average molecular weight is 191 g/mol. The van der Waals surface area contributed by atoms with Crippen molar-refractivity contribution in [1.82, 2.24) is 0 Å². The van der Waals surface area contributed by atoms with E-state index in [1.807, 2.05) is 0 Å². The first-order chi connectivity index (χ1) is 6.41. The Morgan fingerprint density at radius 3 is 2.31 bits per heavy atom. The molecule has 0 rings (SSSR count). The number of ether oxygens (including phenoxy) is 2. The summed E-state index contributed by atoms with van der Waals surface area (Å²) in [6.07, 6.45) is 1.23. The molecular formula is C7H13NO5. The van der Waals surface area contributed by atoms with E-state index in [0.717, 1.165) is 0 Å². The molecule has 6 heteroatoms. The molecule has 0 spiro atoms. The van der Waals surface area contributed by atoms with Crippen molar-refractivity contribution in [3.63, 3.8) is 0 Å². The molecule has 76 valence electrons. The van der Waals surface area contributed by atoms with Crippen LogP contribution in [0.3, 0.4) is 0 Å². The van der Waals surface area contributed by atoms with Crippen molar-refractivity contribution in [2.24, 2.45) is 5.16 Å². The highest BCUT2D eigenvalue weighted by atomic mass is 16.6. The van der Waals surface area contributed by atoms with Crippen LogP contribution in [0.4, 0.5) is 0 Å². The Morgan fingerprint density at radius 1 is 1.08 bits per heavy atom. The molecule has 0 aromatic heterocycles. The van der Waals surface area contributed by atoms with Gasteiger partial charge in [0.1, 0.15) is 6.61 Å². The van der Waals surface area contributed by atoms with Crippen molar-refractivity contribution in [2.45, 2.75) is 0 Å². The van der Waals surface area contributed by atoms with Crippen molar-refractivity contribution in [2.75, 3.05) is 39.6 Å². The topological polar surface area (TPSA) is 77.4 Å². The third-order valence-corrected chi connectivity index (χ3v) is 1.03. The number of aliphatic hydroxyl groups is 1. The summed E-state index contributed by atoms with van der Waals surface area (Å²) in [4.78, 5) is 13.9. The third-order valence-electron chi connectivity index (χ3n) is 1.03. The molecule has 0 atom stereocenters. The van der Waals surface area contributed by atoms with Gasteiger partial charge in [0.15, 0.2) is 0 Å². The highest BCUT2D eigenvalue weighted by Gasteiger charge is 1.89. The summed E-state index contributed by atoms with van der Waals surface area (Å²) >= 11 is 0. The van der Waals surface area contributed by atoms with Crippen LogP contribution in [-0.2, 0) is 19.1 Å². The number of nitrogens with zero attached hydrogens (tertiary/aromatic N) is 1. The fraction of sp³-hybridized carbons (Fsp3) is 0.857. The van der Waals surface area contributed by atoms with E-state index in [9.17, 15) is 4.79 Å². The maximum atomic E-state index is 9.51. The lowest BCUT2D eigenvalue weighted by molar-refractivity contribution is 0.00869. The molecule has 0 saturated heterocycles. The molecular weight excluding hydrogens is 178 g/mol. The van der Waals surface area contributed by atoms with Crippen LogP contribution in [0.15, 0.2) is 5.16 Å². The maximum Gasteiger partial charge on any atom is 0.276 e. The zero-order valence-corrected chi connectivity index (χ0v) is 7.27. The molecule has 0 bridgehead atoms. The number of isocyanates is 1. The Hall–Kier alpha value is -0.940. The van der Waals surface area contributed by atoms with Gasteiger partial charge in [-0.1, -0.05) is 0 Å². The summed E-state index contributed by atoms with van der Waals surface area (Å²) in [5, 5.41) is 11.2. The molecule has 0 fully saturated rings. The molecule has 0 aliphatic carbocycles. The summed E-state index contributed by atoms with van der Waals surface area (Å²) in [5.74, 6) is 0. The summed E-state index contributed by atoms with van der Waals surface area (Å²) in [7, 11) is 0. The number of aliphatic hydroxyl groups excluding tert-OH is 1. The van der Waals surface area contributed by atoms with Crippen LogP contribution in [-0.4, -0.2) is 50.8 Å². The lowest BCUT2D eigenvalue weighted by Gasteiger charge is -2.02.